The van der Waals surface area contributed by atoms with Crippen molar-refractivity contribution in [2.45, 2.75) is 0 Å². The summed E-state index contributed by atoms with van der Waals surface area (Å²) in [6.45, 7) is 0. The average Bonchev–Trinajstić information content (AvgIpc) is 3.76. The van der Waals surface area contributed by atoms with Crippen molar-refractivity contribution in [1.82, 2.24) is 4.57 Å². The molecule has 2 heterocycles. The van der Waals surface area contributed by atoms with Gasteiger partial charge in [-0.1, -0.05) is 121 Å². The van der Waals surface area contributed by atoms with Gasteiger partial charge in [-0.05, 0) is 94.0 Å². The molecule has 0 amide bonds. The van der Waals surface area contributed by atoms with Gasteiger partial charge in [0.1, 0.15) is 11.2 Å². The summed E-state index contributed by atoms with van der Waals surface area (Å²) in [5, 5.41) is 9.55. The Hall–Kier alpha value is -7.10. The monoisotopic (exact) mass is 676 g/mol. The molecule has 0 saturated carbocycles. The van der Waals surface area contributed by atoms with E-state index in [2.05, 4.69) is 191 Å². The summed E-state index contributed by atoms with van der Waals surface area (Å²) in [6, 6.07) is 69.8. The molecule has 3 heteroatoms. The van der Waals surface area contributed by atoms with Crippen LogP contribution in [0.4, 0.5) is 17.1 Å². The Kier molecular flexibility index (Phi) is 6.55. The maximum absolute atomic E-state index is 6.45. The number of hydrogen-bond donors (Lipinski definition) is 0. The highest BCUT2D eigenvalue weighted by Gasteiger charge is 2.21. The van der Waals surface area contributed by atoms with E-state index in [0.29, 0.717) is 0 Å². The van der Waals surface area contributed by atoms with Crippen LogP contribution >= 0.6 is 0 Å². The minimum absolute atomic E-state index is 0.869. The fraction of sp³-hybridized carbons (Fsp3) is 0. The van der Waals surface area contributed by atoms with E-state index in [1.807, 2.05) is 12.1 Å². The molecule has 0 aliphatic heterocycles. The number of aromatic nitrogens is 1. The number of benzene rings is 9. The number of furan rings is 1. The van der Waals surface area contributed by atoms with Crippen molar-refractivity contribution in [3.63, 3.8) is 0 Å². The molecule has 0 atom stereocenters. The molecule has 53 heavy (non-hydrogen) atoms. The molecular weight excluding hydrogens is 645 g/mol. The van der Waals surface area contributed by atoms with Gasteiger partial charge in [0.2, 0.25) is 0 Å². The number of nitrogens with zero attached hydrogens (tertiary/aromatic N) is 2. The van der Waals surface area contributed by atoms with E-state index >= 15 is 0 Å². The van der Waals surface area contributed by atoms with Crippen LogP contribution in [0.1, 0.15) is 0 Å². The Morgan fingerprint density at radius 3 is 1.91 bits per heavy atom. The van der Waals surface area contributed by atoms with Crippen LogP contribution < -0.4 is 4.90 Å². The van der Waals surface area contributed by atoms with Crippen LogP contribution in [0.5, 0.6) is 0 Å². The zero-order valence-corrected chi connectivity index (χ0v) is 28.8. The summed E-state index contributed by atoms with van der Waals surface area (Å²) in [7, 11) is 0. The second-order valence-corrected chi connectivity index (χ2v) is 13.7. The lowest BCUT2D eigenvalue weighted by Crippen LogP contribution is -2.10. The zero-order chi connectivity index (χ0) is 34.9. The maximum atomic E-state index is 6.45. The quantitative estimate of drug-likeness (QED) is 0.169. The van der Waals surface area contributed by atoms with Gasteiger partial charge in [0.05, 0.1) is 16.7 Å². The fourth-order valence-corrected chi connectivity index (χ4v) is 8.31. The molecule has 0 fully saturated rings. The minimum Gasteiger partial charge on any atom is -0.456 e. The van der Waals surface area contributed by atoms with Crippen LogP contribution in [0, 0.1) is 0 Å². The molecule has 0 radical (unpaired) electrons. The molecule has 9 aromatic carbocycles. The number of para-hydroxylation sites is 3. The normalized spacial score (nSPS) is 11.8. The predicted octanol–water partition coefficient (Wildman–Crippen LogP) is 14.1. The van der Waals surface area contributed by atoms with Crippen LogP contribution in [0.15, 0.2) is 199 Å². The Balaban J connectivity index is 1.20. The zero-order valence-electron chi connectivity index (χ0n) is 28.8. The third kappa shape index (κ3) is 4.68. The number of hydrogen-bond acceptors (Lipinski definition) is 2. The molecule has 0 aliphatic carbocycles. The van der Waals surface area contributed by atoms with Gasteiger partial charge in [-0.15, -0.1) is 0 Å². The third-order valence-corrected chi connectivity index (χ3v) is 10.7. The van der Waals surface area contributed by atoms with Crippen LogP contribution in [-0.2, 0) is 0 Å². The van der Waals surface area contributed by atoms with E-state index in [9.17, 15) is 0 Å². The molecule has 11 rings (SSSR count). The van der Waals surface area contributed by atoms with Crippen molar-refractivity contribution in [2.24, 2.45) is 0 Å². The molecule has 0 aliphatic rings. The molecule has 3 nitrogen and oxygen atoms in total. The molecule has 0 unspecified atom stereocenters. The molecule has 11 aromatic rings. The highest BCUT2D eigenvalue weighted by molar-refractivity contribution is 6.21. The number of fused-ring (bicyclic) bond motifs is 9. The SMILES string of the molecule is c1ccc(-c2ccc(N(c3ccc4c(c3)oc3ccccc34)c3cccc4ccc5cc6c7ccccc7n(-c7ccccc7)c6cc5c34)cc2)cc1. The van der Waals surface area contributed by atoms with Crippen LogP contribution in [0.3, 0.4) is 0 Å². The van der Waals surface area contributed by atoms with Gasteiger partial charge >= 0.3 is 0 Å². The van der Waals surface area contributed by atoms with Crippen LogP contribution in [0.25, 0.3) is 82.1 Å². The summed E-state index contributed by atoms with van der Waals surface area (Å²) in [6.07, 6.45) is 0. The standard InChI is InChI=1S/C50H32N2O/c1-3-12-33(13-4-1)34-24-26-38(27-25-34)51(39-28-29-42-41-18-8-10-21-48(41)53-49(42)31-39)46-20-11-14-35-22-23-36-30-44-40-17-7-9-19-45(40)52(37-15-5-2-6-16-37)47(44)32-43(36)50(35)46/h1-32H. The Bertz CT molecular complexity index is 3160. The predicted molar refractivity (Wildman–Crippen MR) is 223 cm³/mol. The first-order valence-electron chi connectivity index (χ1n) is 18.1. The summed E-state index contributed by atoms with van der Waals surface area (Å²) in [5.74, 6) is 0. The van der Waals surface area contributed by atoms with Crippen molar-refractivity contribution in [1.29, 1.82) is 0 Å². The van der Waals surface area contributed by atoms with E-state index in [1.165, 1.54) is 54.5 Å². The second-order valence-electron chi connectivity index (χ2n) is 13.7. The third-order valence-electron chi connectivity index (χ3n) is 10.7. The topological polar surface area (TPSA) is 21.3 Å². The van der Waals surface area contributed by atoms with Gasteiger partial charge in [0.15, 0.2) is 0 Å². The largest absolute Gasteiger partial charge is 0.456 e. The van der Waals surface area contributed by atoms with Crippen molar-refractivity contribution in [2.75, 3.05) is 4.90 Å². The number of rotatable bonds is 5. The van der Waals surface area contributed by atoms with Crippen LogP contribution in [-0.4, -0.2) is 4.57 Å². The second kappa shape index (κ2) is 11.7. The molecule has 0 N–H and O–H groups in total. The maximum Gasteiger partial charge on any atom is 0.137 e. The first-order valence-corrected chi connectivity index (χ1v) is 18.1. The average molecular weight is 677 g/mol. The molecule has 0 saturated heterocycles. The lowest BCUT2D eigenvalue weighted by Gasteiger charge is -2.27. The Morgan fingerprint density at radius 2 is 1.06 bits per heavy atom. The molecule has 248 valence electrons. The fourth-order valence-electron chi connectivity index (χ4n) is 8.31. The summed E-state index contributed by atoms with van der Waals surface area (Å²) in [5.41, 5.74) is 10.9. The minimum atomic E-state index is 0.869. The lowest BCUT2D eigenvalue weighted by molar-refractivity contribution is 0.669. The van der Waals surface area contributed by atoms with Crippen LogP contribution in [0.2, 0.25) is 0 Å². The Labute approximate surface area is 306 Å². The van der Waals surface area contributed by atoms with E-state index in [0.717, 1.165) is 44.7 Å². The van der Waals surface area contributed by atoms with Crippen molar-refractivity contribution < 1.29 is 4.42 Å². The Morgan fingerprint density at radius 1 is 0.377 bits per heavy atom. The lowest BCUT2D eigenvalue weighted by atomic mass is 9.97. The van der Waals surface area contributed by atoms with Crippen molar-refractivity contribution >= 4 is 82.4 Å². The first-order chi connectivity index (χ1) is 26.3. The van der Waals surface area contributed by atoms with E-state index in [-0.39, 0.29) is 0 Å². The number of anilines is 3. The van der Waals surface area contributed by atoms with Crippen molar-refractivity contribution in [3.05, 3.63) is 194 Å². The first kappa shape index (κ1) is 29.6. The van der Waals surface area contributed by atoms with E-state index in [4.69, 9.17) is 4.42 Å². The van der Waals surface area contributed by atoms with Gasteiger partial charge < -0.3 is 13.9 Å². The summed E-state index contributed by atoms with van der Waals surface area (Å²) >= 11 is 0. The van der Waals surface area contributed by atoms with Crippen molar-refractivity contribution in [3.8, 4) is 16.8 Å². The van der Waals surface area contributed by atoms with Gasteiger partial charge in [-0.25, -0.2) is 0 Å². The van der Waals surface area contributed by atoms with Gasteiger partial charge in [0, 0.05) is 50.1 Å². The summed E-state index contributed by atoms with van der Waals surface area (Å²) < 4.78 is 8.86. The van der Waals surface area contributed by atoms with Gasteiger partial charge in [-0.3, -0.25) is 0 Å². The van der Waals surface area contributed by atoms with E-state index in [1.54, 1.807) is 0 Å². The summed E-state index contributed by atoms with van der Waals surface area (Å²) in [4.78, 5) is 2.39. The molecule has 0 bridgehead atoms. The van der Waals surface area contributed by atoms with Gasteiger partial charge in [-0.2, -0.15) is 0 Å². The highest BCUT2D eigenvalue weighted by atomic mass is 16.3. The van der Waals surface area contributed by atoms with E-state index < -0.39 is 0 Å². The molecule has 2 aromatic heterocycles. The van der Waals surface area contributed by atoms with Gasteiger partial charge in [0.25, 0.3) is 0 Å². The molecular formula is C50H32N2O. The smallest absolute Gasteiger partial charge is 0.137 e. The molecule has 0 spiro atoms. The highest BCUT2D eigenvalue weighted by Crippen LogP contribution is 2.45.